The Morgan fingerprint density at radius 3 is 0.847 bits per heavy atom. The van der Waals surface area contributed by atoms with Crippen LogP contribution in [0.3, 0.4) is 0 Å². The van der Waals surface area contributed by atoms with Crippen LogP contribution in [0.5, 0.6) is 0 Å². The summed E-state index contributed by atoms with van der Waals surface area (Å²) in [6.07, 6.45) is 77.9. The molecule has 0 aliphatic rings. The van der Waals surface area contributed by atoms with E-state index in [9.17, 15) is 9.59 Å². The lowest BCUT2D eigenvalue weighted by Gasteiger charge is -2.18. The zero-order valence-electron chi connectivity index (χ0n) is 49.2. The lowest BCUT2D eigenvalue weighted by Crippen LogP contribution is -2.30. The monoisotopic (exact) mass is 1010 g/mol. The number of hydrogen-bond acceptors (Lipinski definition) is 5. The average Bonchev–Trinajstić information content (AvgIpc) is 3.38. The molecule has 1 atom stereocenters. The Labute approximate surface area is 451 Å². The second kappa shape index (κ2) is 63.7. The first-order chi connectivity index (χ1) is 35.6. The molecule has 0 aromatic heterocycles. The molecule has 0 fully saturated rings. The molecular weight excluding hydrogens is 885 g/mol. The van der Waals surface area contributed by atoms with Crippen molar-refractivity contribution in [1.29, 1.82) is 0 Å². The van der Waals surface area contributed by atoms with Gasteiger partial charge in [-0.25, -0.2) is 0 Å². The minimum absolute atomic E-state index is 0.0921. The normalized spacial score (nSPS) is 12.2. The average molecular weight is 1010 g/mol. The number of allylic oxidation sites excluding steroid dienone is 4. The topological polar surface area (TPSA) is 61.8 Å². The Kier molecular flexibility index (Phi) is 62.2. The van der Waals surface area contributed by atoms with Gasteiger partial charge in [0.2, 0.25) is 0 Å². The Morgan fingerprint density at radius 2 is 0.542 bits per heavy atom. The number of carbonyl (C=O) groups excluding carboxylic acids is 2. The third-order valence-electron chi connectivity index (χ3n) is 15.0. The number of hydrogen-bond donors (Lipinski definition) is 0. The van der Waals surface area contributed by atoms with Crippen LogP contribution in [0.1, 0.15) is 367 Å². The number of carbonyl (C=O) groups is 2. The van der Waals surface area contributed by atoms with Gasteiger partial charge in [-0.05, 0) is 70.6 Å². The van der Waals surface area contributed by atoms with Crippen LogP contribution in [-0.4, -0.2) is 37.9 Å². The highest BCUT2D eigenvalue weighted by molar-refractivity contribution is 5.70. The molecule has 0 amide bonds. The van der Waals surface area contributed by atoms with Crippen LogP contribution in [0.4, 0.5) is 0 Å². The summed E-state index contributed by atoms with van der Waals surface area (Å²) in [5.41, 5.74) is 0. The van der Waals surface area contributed by atoms with Crippen molar-refractivity contribution in [2.45, 2.75) is 374 Å². The maximum absolute atomic E-state index is 12.9. The summed E-state index contributed by atoms with van der Waals surface area (Å²) in [5.74, 6) is -0.373. The predicted molar refractivity (Wildman–Crippen MR) is 316 cm³/mol. The van der Waals surface area contributed by atoms with Crippen molar-refractivity contribution in [1.82, 2.24) is 0 Å². The summed E-state index contributed by atoms with van der Waals surface area (Å²) in [4.78, 5) is 25.6. The molecule has 0 radical (unpaired) electrons. The molecule has 0 N–H and O–H groups in total. The molecule has 0 bridgehead atoms. The molecule has 0 unspecified atom stereocenters. The van der Waals surface area contributed by atoms with Crippen molar-refractivity contribution in [3.63, 3.8) is 0 Å². The molecule has 0 aliphatic heterocycles. The van der Waals surface area contributed by atoms with E-state index in [2.05, 4.69) is 45.1 Å². The predicted octanol–water partition coefficient (Wildman–Crippen LogP) is 22.7. The fraction of sp³-hybridized carbons (Fsp3) is 0.910. The minimum Gasteiger partial charge on any atom is -0.462 e. The van der Waals surface area contributed by atoms with E-state index < -0.39 is 6.10 Å². The molecule has 5 heteroatoms. The van der Waals surface area contributed by atoms with E-state index in [0.29, 0.717) is 26.1 Å². The van der Waals surface area contributed by atoms with Gasteiger partial charge in [-0.1, -0.05) is 308 Å². The highest BCUT2D eigenvalue weighted by atomic mass is 16.6. The van der Waals surface area contributed by atoms with E-state index in [0.717, 1.165) is 32.1 Å². The molecule has 0 aromatic rings. The molecule has 0 heterocycles. The number of ether oxygens (including phenoxy) is 3. The number of esters is 2. The second-order valence-corrected chi connectivity index (χ2v) is 22.4. The van der Waals surface area contributed by atoms with Crippen molar-refractivity contribution in [2.24, 2.45) is 0 Å². The van der Waals surface area contributed by atoms with E-state index in [-0.39, 0.29) is 18.5 Å². The lowest BCUT2D eigenvalue weighted by molar-refractivity contribution is -0.163. The fourth-order valence-corrected chi connectivity index (χ4v) is 10.0. The summed E-state index contributed by atoms with van der Waals surface area (Å²) < 4.78 is 17.6. The highest BCUT2D eigenvalue weighted by Gasteiger charge is 2.18. The maximum atomic E-state index is 12.9. The Morgan fingerprint density at radius 1 is 0.292 bits per heavy atom. The number of unbranched alkanes of at least 4 members (excludes halogenated alkanes) is 47. The van der Waals surface area contributed by atoms with Gasteiger partial charge in [0, 0.05) is 19.4 Å². The van der Waals surface area contributed by atoms with Gasteiger partial charge in [0.15, 0.2) is 6.10 Å². The van der Waals surface area contributed by atoms with E-state index in [1.54, 1.807) is 0 Å². The van der Waals surface area contributed by atoms with E-state index in [1.807, 2.05) is 0 Å². The zero-order valence-corrected chi connectivity index (χ0v) is 49.2. The van der Waals surface area contributed by atoms with Crippen LogP contribution in [0, 0.1) is 0 Å². The Balaban J connectivity index is 4.21. The van der Waals surface area contributed by atoms with E-state index in [1.165, 1.54) is 302 Å². The Bertz CT molecular complexity index is 1100. The standard InChI is InChI=1S/C67H128O5/c1-4-7-10-13-16-19-22-25-28-31-33-34-36-38-40-43-46-49-52-55-58-61-67(69)72-65(63-70-62-59-56-53-50-47-44-41-30-27-24-21-18-15-12-9-6-3)64-71-66(68)60-57-54-51-48-45-42-39-37-35-32-29-26-23-20-17-14-11-8-5-2/h25-26,28-29,65H,4-24,27,30-64H2,1-3H3/b28-25-,29-26-/t65-/m1/s1. The molecule has 0 aliphatic carbocycles. The van der Waals surface area contributed by atoms with E-state index >= 15 is 0 Å². The van der Waals surface area contributed by atoms with Crippen molar-refractivity contribution < 1.29 is 23.8 Å². The van der Waals surface area contributed by atoms with Crippen LogP contribution in [0.25, 0.3) is 0 Å². The molecule has 0 saturated carbocycles. The molecule has 72 heavy (non-hydrogen) atoms. The first-order valence-corrected chi connectivity index (χ1v) is 32.9. The molecule has 0 aromatic carbocycles. The third-order valence-corrected chi connectivity index (χ3v) is 15.0. The van der Waals surface area contributed by atoms with Crippen molar-refractivity contribution >= 4 is 11.9 Å². The van der Waals surface area contributed by atoms with Crippen molar-refractivity contribution in [3.05, 3.63) is 24.3 Å². The van der Waals surface area contributed by atoms with Crippen molar-refractivity contribution in [3.8, 4) is 0 Å². The zero-order chi connectivity index (χ0) is 52.0. The SMILES string of the molecule is CCCCCCCC/C=C\CCCCCCCCCCCCCC(=O)O[C@H](COCCCCCCCCCCCCCCCCCC)COC(=O)CCCCCCCCCCC/C=C\CCCCCCCC. The van der Waals surface area contributed by atoms with Crippen LogP contribution < -0.4 is 0 Å². The summed E-state index contributed by atoms with van der Waals surface area (Å²) in [6.45, 7) is 7.91. The molecule has 426 valence electrons. The smallest absolute Gasteiger partial charge is 0.306 e. The highest BCUT2D eigenvalue weighted by Crippen LogP contribution is 2.17. The summed E-state index contributed by atoms with van der Waals surface area (Å²) >= 11 is 0. The van der Waals surface area contributed by atoms with Gasteiger partial charge < -0.3 is 14.2 Å². The van der Waals surface area contributed by atoms with Crippen LogP contribution in [-0.2, 0) is 23.8 Å². The van der Waals surface area contributed by atoms with Gasteiger partial charge in [-0.15, -0.1) is 0 Å². The van der Waals surface area contributed by atoms with E-state index in [4.69, 9.17) is 14.2 Å². The van der Waals surface area contributed by atoms with Crippen LogP contribution in [0.15, 0.2) is 24.3 Å². The van der Waals surface area contributed by atoms with Gasteiger partial charge in [-0.2, -0.15) is 0 Å². The third kappa shape index (κ3) is 60.9. The van der Waals surface area contributed by atoms with Crippen molar-refractivity contribution in [2.75, 3.05) is 19.8 Å². The first kappa shape index (κ1) is 70.4. The van der Waals surface area contributed by atoms with Gasteiger partial charge in [0.1, 0.15) is 6.61 Å². The van der Waals surface area contributed by atoms with Gasteiger partial charge in [0.25, 0.3) is 0 Å². The van der Waals surface area contributed by atoms with Gasteiger partial charge in [0.05, 0.1) is 6.61 Å². The molecule has 0 spiro atoms. The number of rotatable bonds is 62. The van der Waals surface area contributed by atoms with Gasteiger partial charge >= 0.3 is 11.9 Å². The minimum atomic E-state index is -0.532. The van der Waals surface area contributed by atoms with Gasteiger partial charge in [-0.3, -0.25) is 9.59 Å². The summed E-state index contributed by atoms with van der Waals surface area (Å²) in [7, 11) is 0. The summed E-state index contributed by atoms with van der Waals surface area (Å²) in [6, 6.07) is 0. The van der Waals surface area contributed by atoms with Crippen LogP contribution >= 0.6 is 0 Å². The fourth-order valence-electron chi connectivity index (χ4n) is 10.0. The molecule has 5 nitrogen and oxygen atoms in total. The quantitative estimate of drug-likeness (QED) is 0.0345. The largest absolute Gasteiger partial charge is 0.462 e. The lowest BCUT2D eigenvalue weighted by atomic mass is 10.0. The first-order valence-electron chi connectivity index (χ1n) is 32.9. The maximum Gasteiger partial charge on any atom is 0.306 e. The second-order valence-electron chi connectivity index (χ2n) is 22.4. The van der Waals surface area contributed by atoms with Crippen LogP contribution in [0.2, 0.25) is 0 Å². The molecule has 0 saturated heterocycles. The molecular formula is C67H128O5. The Hall–Kier alpha value is -1.62. The summed E-state index contributed by atoms with van der Waals surface area (Å²) in [5, 5.41) is 0. The molecule has 0 rings (SSSR count).